The van der Waals surface area contributed by atoms with Crippen LogP contribution in [0.15, 0.2) is 23.1 Å². The van der Waals surface area contributed by atoms with Crippen LogP contribution in [0.5, 0.6) is 0 Å². The quantitative estimate of drug-likeness (QED) is 0.872. The number of hydrogen-bond donors (Lipinski definition) is 1. The molecule has 1 unspecified atom stereocenters. The van der Waals surface area contributed by atoms with Gasteiger partial charge in [-0.15, -0.1) is 0 Å². The van der Waals surface area contributed by atoms with Gasteiger partial charge in [-0.05, 0) is 37.6 Å². The summed E-state index contributed by atoms with van der Waals surface area (Å²) in [6.45, 7) is 3.48. The molecule has 96 valence electrons. The average Bonchev–Trinajstić information content (AvgIpc) is 2.25. The van der Waals surface area contributed by atoms with E-state index in [1.807, 2.05) is 0 Å². The molecule has 1 N–H and O–H groups in total. The highest BCUT2D eigenvalue weighted by Crippen LogP contribution is 2.15. The lowest BCUT2D eigenvalue weighted by atomic mass is 10.2. The van der Waals surface area contributed by atoms with Gasteiger partial charge in [0, 0.05) is 13.7 Å². The molecule has 0 aromatic heterocycles. The summed E-state index contributed by atoms with van der Waals surface area (Å²) in [4.78, 5) is 0.0854. The van der Waals surface area contributed by atoms with Crippen molar-refractivity contribution < 1.29 is 17.5 Å². The molecule has 0 aliphatic heterocycles. The molecule has 6 heteroatoms. The van der Waals surface area contributed by atoms with Crippen LogP contribution in [-0.4, -0.2) is 28.2 Å². The predicted molar refractivity (Wildman–Crippen MR) is 62.8 cm³/mol. The van der Waals surface area contributed by atoms with E-state index in [1.165, 1.54) is 19.2 Å². The molecule has 0 amide bonds. The molecule has 1 rings (SSSR count). The second-order valence-corrected chi connectivity index (χ2v) is 5.54. The fourth-order valence-electron chi connectivity index (χ4n) is 1.30. The highest BCUT2D eigenvalue weighted by Gasteiger charge is 2.17. The van der Waals surface area contributed by atoms with Crippen molar-refractivity contribution in [3.05, 3.63) is 29.6 Å². The Bertz CT molecular complexity index is 487. The van der Waals surface area contributed by atoms with Crippen LogP contribution in [0.2, 0.25) is 0 Å². The second-order valence-electron chi connectivity index (χ2n) is 3.81. The van der Waals surface area contributed by atoms with Crippen LogP contribution in [0.25, 0.3) is 0 Å². The third-order valence-electron chi connectivity index (χ3n) is 2.39. The highest BCUT2D eigenvalue weighted by atomic mass is 32.2. The Balaban J connectivity index is 2.90. The van der Waals surface area contributed by atoms with Gasteiger partial charge < -0.3 is 4.74 Å². The van der Waals surface area contributed by atoms with Crippen molar-refractivity contribution in [2.45, 2.75) is 24.8 Å². The fourth-order valence-corrected chi connectivity index (χ4v) is 2.64. The third kappa shape index (κ3) is 3.76. The first kappa shape index (κ1) is 14.1. The summed E-state index contributed by atoms with van der Waals surface area (Å²) in [5.41, 5.74) is 0.377. The van der Waals surface area contributed by atoms with Crippen LogP contribution >= 0.6 is 0 Å². The molecule has 0 radical (unpaired) electrons. The zero-order valence-corrected chi connectivity index (χ0v) is 10.8. The van der Waals surface area contributed by atoms with Crippen molar-refractivity contribution >= 4 is 10.0 Å². The topological polar surface area (TPSA) is 55.4 Å². The minimum absolute atomic E-state index is 0.0854. The van der Waals surface area contributed by atoms with Crippen LogP contribution < -0.4 is 4.72 Å². The van der Waals surface area contributed by atoms with Gasteiger partial charge >= 0.3 is 0 Å². The van der Waals surface area contributed by atoms with Gasteiger partial charge in [0.15, 0.2) is 0 Å². The van der Waals surface area contributed by atoms with Gasteiger partial charge in [0.1, 0.15) is 5.82 Å². The van der Waals surface area contributed by atoms with E-state index < -0.39 is 15.8 Å². The number of nitrogens with one attached hydrogen (secondary N) is 1. The molecule has 1 atom stereocenters. The molecule has 17 heavy (non-hydrogen) atoms. The Morgan fingerprint density at radius 1 is 1.47 bits per heavy atom. The van der Waals surface area contributed by atoms with Crippen molar-refractivity contribution in [1.29, 1.82) is 0 Å². The summed E-state index contributed by atoms with van der Waals surface area (Å²) in [6, 6.07) is 3.57. The summed E-state index contributed by atoms with van der Waals surface area (Å²) in [7, 11) is -2.11. The van der Waals surface area contributed by atoms with Crippen LogP contribution in [0.1, 0.15) is 12.5 Å². The van der Waals surface area contributed by atoms with Crippen molar-refractivity contribution in [3.63, 3.8) is 0 Å². The molecule has 0 saturated heterocycles. The highest BCUT2D eigenvalue weighted by molar-refractivity contribution is 7.89. The summed E-state index contributed by atoms with van der Waals surface area (Å²) < 4.78 is 44.0. The Hall–Kier alpha value is -0.980. The zero-order valence-electron chi connectivity index (χ0n) is 10.0. The maximum Gasteiger partial charge on any atom is 0.240 e. The number of ether oxygens (including phenoxy) is 1. The smallest absolute Gasteiger partial charge is 0.240 e. The minimum Gasteiger partial charge on any atom is -0.380 e. The van der Waals surface area contributed by atoms with Crippen LogP contribution in [-0.2, 0) is 14.8 Å². The number of halogens is 1. The first-order chi connectivity index (χ1) is 7.86. The number of rotatable bonds is 5. The minimum atomic E-state index is -3.61. The average molecular weight is 261 g/mol. The number of benzene rings is 1. The molecular weight excluding hydrogens is 245 g/mol. The molecular formula is C11H16FNO3S. The van der Waals surface area contributed by atoms with E-state index in [2.05, 4.69) is 4.72 Å². The first-order valence-corrected chi connectivity index (χ1v) is 6.63. The largest absolute Gasteiger partial charge is 0.380 e. The lowest BCUT2D eigenvalue weighted by Gasteiger charge is -2.12. The summed E-state index contributed by atoms with van der Waals surface area (Å²) >= 11 is 0. The molecule has 0 aliphatic carbocycles. The molecule has 4 nitrogen and oxygen atoms in total. The second kappa shape index (κ2) is 5.57. The lowest BCUT2D eigenvalue weighted by Crippen LogP contribution is -2.32. The summed E-state index contributed by atoms with van der Waals surface area (Å²) in [5.74, 6) is -0.452. The Labute approximate surface area is 101 Å². The van der Waals surface area contributed by atoms with E-state index >= 15 is 0 Å². The van der Waals surface area contributed by atoms with E-state index in [-0.39, 0.29) is 17.5 Å². The molecule has 0 fully saturated rings. The van der Waals surface area contributed by atoms with E-state index in [0.717, 1.165) is 6.07 Å². The van der Waals surface area contributed by atoms with Crippen LogP contribution in [0, 0.1) is 12.7 Å². The molecule has 0 saturated carbocycles. The molecule has 0 bridgehead atoms. The molecule has 0 spiro atoms. The number of aryl methyl sites for hydroxylation is 1. The summed E-state index contributed by atoms with van der Waals surface area (Å²) in [6.07, 6.45) is -0.217. The normalized spacial score (nSPS) is 13.6. The van der Waals surface area contributed by atoms with Crippen molar-refractivity contribution in [3.8, 4) is 0 Å². The van der Waals surface area contributed by atoms with Gasteiger partial charge in [0.25, 0.3) is 0 Å². The number of sulfonamides is 1. The van der Waals surface area contributed by atoms with Crippen molar-refractivity contribution in [1.82, 2.24) is 4.72 Å². The van der Waals surface area contributed by atoms with E-state index in [9.17, 15) is 12.8 Å². The van der Waals surface area contributed by atoms with Gasteiger partial charge in [0.05, 0.1) is 11.0 Å². The van der Waals surface area contributed by atoms with Gasteiger partial charge in [-0.1, -0.05) is 0 Å². The van der Waals surface area contributed by atoms with E-state index in [1.54, 1.807) is 13.8 Å². The Kier molecular flexibility index (Phi) is 4.62. The Morgan fingerprint density at radius 3 is 2.65 bits per heavy atom. The summed E-state index contributed by atoms with van der Waals surface area (Å²) in [5, 5.41) is 0. The van der Waals surface area contributed by atoms with Crippen molar-refractivity contribution in [2.75, 3.05) is 13.7 Å². The third-order valence-corrected chi connectivity index (χ3v) is 3.97. The molecule has 0 heterocycles. The SMILES string of the molecule is COC(C)CNS(=O)(=O)c1ccc(F)cc1C. The molecule has 1 aromatic rings. The first-order valence-electron chi connectivity index (χ1n) is 5.15. The maximum atomic E-state index is 12.9. The van der Waals surface area contributed by atoms with E-state index in [0.29, 0.717) is 5.56 Å². The monoisotopic (exact) mass is 261 g/mol. The standard InChI is InChI=1S/C11H16FNO3S/c1-8-6-10(12)4-5-11(8)17(14,15)13-7-9(2)16-3/h4-6,9,13H,7H2,1-3H3. The Morgan fingerprint density at radius 2 is 2.12 bits per heavy atom. The van der Waals surface area contributed by atoms with Gasteiger partial charge in [-0.2, -0.15) is 0 Å². The van der Waals surface area contributed by atoms with Gasteiger partial charge in [0.2, 0.25) is 10.0 Å². The van der Waals surface area contributed by atoms with Crippen molar-refractivity contribution in [2.24, 2.45) is 0 Å². The van der Waals surface area contributed by atoms with Crippen LogP contribution in [0.4, 0.5) is 4.39 Å². The van der Waals surface area contributed by atoms with Gasteiger partial charge in [-0.25, -0.2) is 17.5 Å². The number of hydrogen-bond acceptors (Lipinski definition) is 3. The van der Waals surface area contributed by atoms with Crippen LogP contribution in [0.3, 0.4) is 0 Å². The zero-order chi connectivity index (χ0) is 13.1. The fraction of sp³-hybridized carbons (Fsp3) is 0.455. The maximum absolute atomic E-state index is 12.9. The number of methoxy groups -OCH3 is 1. The lowest BCUT2D eigenvalue weighted by molar-refractivity contribution is 0.122. The van der Waals surface area contributed by atoms with Gasteiger partial charge in [-0.3, -0.25) is 0 Å². The molecule has 0 aliphatic rings. The predicted octanol–water partition coefficient (Wildman–Crippen LogP) is 1.45. The van der Waals surface area contributed by atoms with E-state index in [4.69, 9.17) is 4.74 Å². The molecule has 1 aromatic carbocycles.